The minimum absolute atomic E-state index is 0.178. The van der Waals surface area contributed by atoms with Gasteiger partial charge in [-0.25, -0.2) is 13.8 Å². The lowest BCUT2D eigenvalue weighted by Gasteiger charge is -2.13. The second-order valence-electron chi connectivity index (χ2n) is 4.92. The first-order valence-electron chi connectivity index (χ1n) is 6.89. The molecule has 4 nitrogen and oxygen atoms in total. The fourth-order valence-corrected chi connectivity index (χ4v) is 2.77. The first kappa shape index (κ1) is 16.5. The zero-order valence-corrected chi connectivity index (χ0v) is 13.2. The molecule has 1 aromatic carbocycles. The highest BCUT2D eigenvalue weighted by atomic mass is 32.1. The number of nitrogens with one attached hydrogen (secondary N) is 1. The Kier molecular flexibility index (Phi) is 5.57. The van der Waals surface area contributed by atoms with Crippen LogP contribution in [0.4, 0.5) is 13.9 Å². The third kappa shape index (κ3) is 4.08. The van der Waals surface area contributed by atoms with Crippen molar-refractivity contribution in [3.8, 4) is 11.3 Å². The van der Waals surface area contributed by atoms with Crippen LogP contribution >= 0.6 is 11.3 Å². The second kappa shape index (κ2) is 7.42. The van der Waals surface area contributed by atoms with Gasteiger partial charge in [0.1, 0.15) is 11.6 Å². The van der Waals surface area contributed by atoms with Gasteiger partial charge in [-0.1, -0.05) is 13.0 Å². The molecule has 0 bridgehead atoms. The van der Waals surface area contributed by atoms with Crippen LogP contribution in [0.3, 0.4) is 0 Å². The molecule has 7 heteroatoms. The zero-order valence-electron chi connectivity index (χ0n) is 12.4. The van der Waals surface area contributed by atoms with Gasteiger partial charge in [-0.2, -0.15) is 0 Å². The summed E-state index contributed by atoms with van der Waals surface area (Å²) >= 11 is 1.14. The van der Waals surface area contributed by atoms with Gasteiger partial charge in [-0.3, -0.25) is 9.69 Å². The Morgan fingerprint density at radius 2 is 2.05 bits per heavy atom. The molecule has 0 aliphatic heterocycles. The fourth-order valence-electron chi connectivity index (χ4n) is 2.05. The van der Waals surface area contributed by atoms with E-state index in [0.717, 1.165) is 24.3 Å². The van der Waals surface area contributed by atoms with Gasteiger partial charge >= 0.3 is 0 Å². The van der Waals surface area contributed by atoms with E-state index in [-0.39, 0.29) is 23.7 Å². The Labute approximate surface area is 131 Å². The van der Waals surface area contributed by atoms with E-state index in [9.17, 15) is 13.6 Å². The Morgan fingerprint density at radius 3 is 2.68 bits per heavy atom. The highest BCUT2D eigenvalue weighted by Gasteiger charge is 2.15. The van der Waals surface area contributed by atoms with E-state index in [1.807, 2.05) is 18.9 Å². The largest absolute Gasteiger partial charge is 0.301 e. The molecule has 2 rings (SSSR count). The number of aromatic nitrogens is 1. The van der Waals surface area contributed by atoms with Gasteiger partial charge in [-0.15, -0.1) is 11.3 Å². The van der Waals surface area contributed by atoms with E-state index in [1.54, 1.807) is 0 Å². The number of thiazole rings is 1. The smallest absolute Gasteiger partial charge is 0.240 e. The van der Waals surface area contributed by atoms with Gasteiger partial charge in [0.15, 0.2) is 5.13 Å². The van der Waals surface area contributed by atoms with E-state index in [0.29, 0.717) is 5.13 Å². The average molecular weight is 325 g/mol. The highest BCUT2D eigenvalue weighted by Crippen LogP contribution is 2.29. The molecule has 1 aromatic heterocycles. The van der Waals surface area contributed by atoms with Gasteiger partial charge in [0, 0.05) is 5.38 Å². The average Bonchev–Trinajstić information content (AvgIpc) is 2.86. The van der Waals surface area contributed by atoms with Gasteiger partial charge < -0.3 is 5.32 Å². The minimum atomic E-state index is -0.675. The van der Waals surface area contributed by atoms with Gasteiger partial charge in [0.25, 0.3) is 0 Å². The molecule has 0 aliphatic rings. The number of nitrogens with zero attached hydrogens (tertiary/aromatic N) is 2. The number of amides is 1. The maximum Gasteiger partial charge on any atom is 0.240 e. The number of likely N-dealkylation sites (N-methyl/N-ethyl adjacent to an activating group) is 1. The number of anilines is 1. The summed E-state index contributed by atoms with van der Waals surface area (Å²) in [5.74, 6) is -1.55. The predicted octanol–water partition coefficient (Wildman–Crippen LogP) is 3.37. The van der Waals surface area contributed by atoms with Crippen molar-refractivity contribution in [1.29, 1.82) is 0 Å². The van der Waals surface area contributed by atoms with Crippen LogP contribution in [-0.4, -0.2) is 35.9 Å². The Hall–Kier alpha value is -1.86. The van der Waals surface area contributed by atoms with Crippen molar-refractivity contribution in [3.63, 3.8) is 0 Å². The number of rotatable bonds is 6. The third-order valence-electron chi connectivity index (χ3n) is 2.99. The van der Waals surface area contributed by atoms with Crippen LogP contribution in [0.2, 0.25) is 0 Å². The Balaban J connectivity index is 2.07. The Morgan fingerprint density at radius 1 is 1.36 bits per heavy atom. The summed E-state index contributed by atoms with van der Waals surface area (Å²) in [6, 6.07) is 3.65. The summed E-state index contributed by atoms with van der Waals surface area (Å²) in [4.78, 5) is 17.8. The molecule has 0 fully saturated rings. The van der Waals surface area contributed by atoms with Crippen LogP contribution < -0.4 is 5.32 Å². The van der Waals surface area contributed by atoms with E-state index in [2.05, 4.69) is 10.3 Å². The van der Waals surface area contributed by atoms with Crippen molar-refractivity contribution in [1.82, 2.24) is 9.88 Å². The molecule has 1 amide bonds. The highest BCUT2D eigenvalue weighted by molar-refractivity contribution is 7.14. The summed E-state index contributed by atoms with van der Waals surface area (Å²) in [6.45, 7) is 3.10. The predicted molar refractivity (Wildman–Crippen MR) is 83.9 cm³/mol. The number of halogens is 2. The van der Waals surface area contributed by atoms with Crippen molar-refractivity contribution in [2.75, 3.05) is 25.5 Å². The molecule has 0 saturated carbocycles. The number of carbonyl (C=O) groups excluding carboxylic acids is 1. The molecule has 0 atom stereocenters. The maximum atomic E-state index is 13.7. The van der Waals surface area contributed by atoms with Crippen molar-refractivity contribution >= 4 is 22.4 Å². The molecular weight excluding hydrogens is 308 g/mol. The van der Waals surface area contributed by atoms with Gasteiger partial charge in [0.2, 0.25) is 5.91 Å². The van der Waals surface area contributed by atoms with Crippen LogP contribution in [0.5, 0.6) is 0 Å². The SMILES string of the molecule is CCCN(C)CC(=O)Nc1nc(-c2c(F)cccc2F)cs1. The number of hydrogen-bond donors (Lipinski definition) is 1. The van der Waals surface area contributed by atoms with Crippen molar-refractivity contribution in [3.05, 3.63) is 35.2 Å². The summed E-state index contributed by atoms with van der Waals surface area (Å²) < 4.78 is 27.4. The summed E-state index contributed by atoms with van der Waals surface area (Å²) in [6.07, 6.45) is 0.956. The van der Waals surface area contributed by atoms with Crippen LogP contribution in [0.15, 0.2) is 23.6 Å². The van der Waals surface area contributed by atoms with Crippen LogP contribution in [0.1, 0.15) is 13.3 Å². The molecule has 0 unspecified atom stereocenters. The molecular formula is C15H17F2N3OS. The van der Waals surface area contributed by atoms with Crippen molar-refractivity contribution < 1.29 is 13.6 Å². The molecule has 2 aromatic rings. The molecule has 1 N–H and O–H groups in total. The topological polar surface area (TPSA) is 45.2 Å². The zero-order chi connectivity index (χ0) is 16.1. The van der Waals surface area contributed by atoms with Crippen LogP contribution in [0, 0.1) is 11.6 Å². The quantitative estimate of drug-likeness (QED) is 0.886. The fraction of sp³-hybridized carbons (Fsp3) is 0.333. The summed E-state index contributed by atoms with van der Waals surface area (Å²) in [5, 5.41) is 4.49. The first-order chi connectivity index (χ1) is 10.5. The van der Waals surface area contributed by atoms with Crippen LogP contribution in [0.25, 0.3) is 11.3 Å². The van der Waals surface area contributed by atoms with Crippen molar-refractivity contribution in [2.24, 2.45) is 0 Å². The molecule has 118 valence electrons. The number of hydrogen-bond acceptors (Lipinski definition) is 4. The monoisotopic (exact) mass is 325 g/mol. The lowest BCUT2D eigenvalue weighted by Crippen LogP contribution is -2.30. The van der Waals surface area contributed by atoms with Crippen molar-refractivity contribution in [2.45, 2.75) is 13.3 Å². The molecule has 0 spiro atoms. The number of carbonyl (C=O) groups is 1. The normalized spacial score (nSPS) is 11.0. The lowest BCUT2D eigenvalue weighted by atomic mass is 10.1. The molecule has 1 heterocycles. The molecule has 0 aliphatic carbocycles. The molecule has 0 radical (unpaired) electrons. The molecule has 22 heavy (non-hydrogen) atoms. The maximum absolute atomic E-state index is 13.7. The standard InChI is InChI=1S/C15H17F2N3OS/c1-3-7-20(2)8-13(21)19-15-18-12(9-22-15)14-10(16)5-4-6-11(14)17/h4-6,9H,3,7-8H2,1-2H3,(H,18,19,21). The van der Waals surface area contributed by atoms with Gasteiger partial charge in [0.05, 0.1) is 17.8 Å². The summed E-state index contributed by atoms with van der Waals surface area (Å²) in [7, 11) is 1.85. The van der Waals surface area contributed by atoms with Gasteiger partial charge in [-0.05, 0) is 32.1 Å². The Bertz CT molecular complexity index is 640. The first-order valence-corrected chi connectivity index (χ1v) is 7.77. The third-order valence-corrected chi connectivity index (χ3v) is 3.75. The lowest BCUT2D eigenvalue weighted by molar-refractivity contribution is -0.117. The summed E-state index contributed by atoms with van der Waals surface area (Å²) in [5.41, 5.74) is 0.000151. The van der Waals surface area contributed by atoms with Crippen LogP contribution in [-0.2, 0) is 4.79 Å². The van der Waals surface area contributed by atoms with E-state index in [4.69, 9.17) is 0 Å². The second-order valence-corrected chi connectivity index (χ2v) is 5.78. The van der Waals surface area contributed by atoms with E-state index < -0.39 is 11.6 Å². The van der Waals surface area contributed by atoms with E-state index >= 15 is 0 Å². The minimum Gasteiger partial charge on any atom is -0.301 e. The van der Waals surface area contributed by atoms with E-state index in [1.165, 1.54) is 23.6 Å². The number of benzene rings is 1. The molecule has 0 saturated heterocycles.